The number of carbonyl (C=O) groups is 2. The molecule has 0 atom stereocenters. The maximum absolute atomic E-state index is 11.6. The zero-order chi connectivity index (χ0) is 13.1. The van der Waals surface area contributed by atoms with Gasteiger partial charge in [0.15, 0.2) is 0 Å². The van der Waals surface area contributed by atoms with E-state index in [0.717, 1.165) is 0 Å². The molecule has 2 rings (SSSR count). The van der Waals surface area contributed by atoms with Gasteiger partial charge in [0.25, 0.3) is 0 Å². The Balaban J connectivity index is 2.65. The maximum atomic E-state index is 11.6. The van der Waals surface area contributed by atoms with Crippen LogP contribution in [-0.2, 0) is 9.53 Å². The lowest BCUT2D eigenvalue weighted by Crippen LogP contribution is -2.04. The number of fused-ring (bicyclic) bond motifs is 1. The second-order valence-corrected chi connectivity index (χ2v) is 3.74. The highest BCUT2D eigenvalue weighted by Crippen LogP contribution is 2.28. The Morgan fingerprint density at radius 3 is 2.33 bits per heavy atom. The summed E-state index contributed by atoms with van der Waals surface area (Å²) in [5, 5.41) is 1.40. The fourth-order valence-electron chi connectivity index (χ4n) is 1.81. The van der Waals surface area contributed by atoms with Gasteiger partial charge in [0.1, 0.15) is 5.75 Å². The Morgan fingerprint density at radius 1 is 1.00 bits per heavy atom. The quantitative estimate of drug-likeness (QED) is 0.601. The van der Waals surface area contributed by atoms with Crippen LogP contribution in [0.3, 0.4) is 0 Å². The normalized spacial score (nSPS) is 10.1. The van der Waals surface area contributed by atoms with Gasteiger partial charge in [0.05, 0.1) is 12.7 Å². The molecule has 0 aliphatic heterocycles. The molecule has 0 aliphatic rings. The van der Waals surface area contributed by atoms with Gasteiger partial charge < -0.3 is 9.47 Å². The van der Waals surface area contributed by atoms with Gasteiger partial charge >= 0.3 is 11.9 Å². The van der Waals surface area contributed by atoms with Gasteiger partial charge in [-0.25, -0.2) is 4.79 Å². The average Bonchev–Trinajstić information content (AvgIpc) is 2.37. The third-order valence-electron chi connectivity index (χ3n) is 2.54. The number of hydrogen-bond acceptors (Lipinski definition) is 4. The van der Waals surface area contributed by atoms with Crippen LogP contribution in [0, 0.1) is 0 Å². The van der Waals surface area contributed by atoms with Gasteiger partial charge in [-0.05, 0) is 17.5 Å². The molecule has 4 nitrogen and oxygen atoms in total. The highest BCUT2D eigenvalue weighted by Gasteiger charge is 2.12. The van der Waals surface area contributed by atoms with Crippen LogP contribution in [0.25, 0.3) is 10.8 Å². The molecule has 0 radical (unpaired) electrons. The zero-order valence-corrected chi connectivity index (χ0v) is 10.1. The summed E-state index contributed by atoms with van der Waals surface area (Å²) in [7, 11) is 1.33. The first kappa shape index (κ1) is 12.1. The summed E-state index contributed by atoms with van der Waals surface area (Å²) in [5.41, 5.74) is 0.448. The molecule has 0 unspecified atom stereocenters. The van der Waals surface area contributed by atoms with Crippen molar-refractivity contribution in [2.24, 2.45) is 0 Å². The van der Waals surface area contributed by atoms with E-state index in [2.05, 4.69) is 0 Å². The third kappa shape index (κ3) is 2.18. The Kier molecular flexibility index (Phi) is 3.28. The molecule has 0 aromatic heterocycles. The molecule has 2 aromatic carbocycles. The standard InChI is InChI=1S/C14H12O4/c1-9(15)18-13-8-4-5-10-11(13)6-3-7-12(10)14(16)17-2/h3-8H,1-2H3. The molecule has 0 bridgehead atoms. The Hall–Kier alpha value is -2.36. The number of ether oxygens (including phenoxy) is 2. The van der Waals surface area contributed by atoms with Gasteiger partial charge in [0.2, 0.25) is 0 Å². The number of hydrogen-bond donors (Lipinski definition) is 0. The summed E-state index contributed by atoms with van der Waals surface area (Å²) in [6.07, 6.45) is 0. The van der Waals surface area contributed by atoms with Gasteiger partial charge in [-0.1, -0.05) is 24.3 Å². The van der Waals surface area contributed by atoms with E-state index in [1.54, 1.807) is 36.4 Å². The molecule has 0 N–H and O–H groups in total. The largest absolute Gasteiger partial charge is 0.465 e. The summed E-state index contributed by atoms with van der Waals surface area (Å²) >= 11 is 0. The van der Waals surface area contributed by atoms with Gasteiger partial charge in [0, 0.05) is 12.3 Å². The van der Waals surface area contributed by atoms with Crippen molar-refractivity contribution in [3.05, 3.63) is 42.0 Å². The SMILES string of the molecule is COC(=O)c1cccc2c(OC(C)=O)cccc12. The first-order valence-electron chi connectivity index (χ1n) is 5.42. The Morgan fingerprint density at radius 2 is 1.67 bits per heavy atom. The first-order valence-corrected chi connectivity index (χ1v) is 5.42. The van der Waals surface area contributed by atoms with E-state index in [1.165, 1.54) is 14.0 Å². The number of methoxy groups -OCH3 is 1. The summed E-state index contributed by atoms with van der Waals surface area (Å²) in [4.78, 5) is 22.6. The summed E-state index contributed by atoms with van der Waals surface area (Å²) in [6, 6.07) is 10.4. The third-order valence-corrected chi connectivity index (χ3v) is 2.54. The minimum absolute atomic E-state index is 0.397. The van der Waals surface area contributed by atoms with E-state index >= 15 is 0 Å². The molecular formula is C14H12O4. The van der Waals surface area contributed by atoms with Crippen molar-refractivity contribution in [3.8, 4) is 5.75 Å². The lowest BCUT2D eigenvalue weighted by atomic mass is 10.0. The second-order valence-electron chi connectivity index (χ2n) is 3.74. The van der Waals surface area contributed by atoms with Crippen LogP contribution in [0.2, 0.25) is 0 Å². The van der Waals surface area contributed by atoms with E-state index in [0.29, 0.717) is 22.1 Å². The zero-order valence-electron chi connectivity index (χ0n) is 10.1. The lowest BCUT2D eigenvalue weighted by Gasteiger charge is -2.08. The van der Waals surface area contributed by atoms with Gasteiger partial charge in [-0.2, -0.15) is 0 Å². The smallest absolute Gasteiger partial charge is 0.338 e. The predicted molar refractivity (Wildman–Crippen MR) is 66.6 cm³/mol. The number of rotatable bonds is 2. The molecule has 18 heavy (non-hydrogen) atoms. The Bertz CT molecular complexity index is 616. The van der Waals surface area contributed by atoms with Crippen LogP contribution < -0.4 is 4.74 Å². The van der Waals surface area contributed by atoms with Crippen molar-refractivity contribution in [1.29, 1.82) is 0 Å². The summed E-state index contributed by atoms with van der Waals surface area (Å²) in [5.74, 6) is -0.378. The van der Waals surface area contributed by atoms with E-state index < -0.39 is 11.9 Å². The summed E-state index contributed by atoms with van der Waals surface area (Å²) < 4.78 is 9.82. The highest BCUT2D eigenvalue weighted by molar-refractivity contribution is 6.06. The summed E-state index contributed by atoms with van der Waals surface area (Å²) in [6.45, 7) is 1.34. The molecule has 0 spiro atoms. The number of carbonyl (C=O) groups excluding carboxylic acids is 2. The molecular weight excluding hydrogens is 232 g/mol. The molecule has 4 heteroatoms. The number of esters is 2. The molecule has 0 heterocycles. The van der Waals surface area contributed by atoms with E-state index in [1.807, 2.05) is 0 Å². The van der Waals surface area contributed by atoms with E-state index in [4.69, 9.17) is 9.47 Å². The topological polar surface area (TPSA) is 52.6 Å². The van der Waals surface area contributed by atoms with Crippen LogP contribution in [0.1, 0.15) is 17.3 Å². The second kappa shape index (κ2) is 4.87. The Labute approximate surface area is 104 Å². The van der Waals surface area contributed by atoms with E-state index in [9.17, 15) is 9.59 Å². The van der Waals surface area contributed by atoms with E-state index in [-0.39, 0.29) is 0 Å². The fraction of sp³-hybridized carbons (Fsp3) is 0.143. The number of benzene rings is 2. The van der Waals surface area contributed by atoms with Crippen molar-refractivity contribution in [2.75, 3.05) is 7.11 Å². The van der Waals surface area contributed by atoms with Gasteiger partial charge in [-0.3, -0.25) is 4.79 Å². The monoisotopic (exact) mass is 244 g/mol. The fourth-order valence-corrected chi connectivity index (χ4v) is 1.81. The average molecular weight is 244 g/mol. The molecule has 0 fully saturated rings. The van der Waals surface area contributed by atoms with Crippen molar-refractivity contribution in [2.45, 2.75) is 6.92 Å². The van der Waals surface area contributed by atoms with Crippen LogP contribution in [-0.4, -0.2) is 19.0 Å². The van der Waals surface area contributed by atoms with Crippen molar-refractivity contribution in [1.82, 2.24) is 0 Å². The first-order chi connectivity index (χ1) is 8.63. The van der Waals surface area contributed by atoms with Crippen LogP contribution >= 0.6 is 0 Å². The molecule has 2 aromatic rings. The van der Waals surface area contributed by atoms with Crippen molar-refractivity contribution < 1.29 is 19.1 Å². The van der Waals surface area contributed by atoms with Crippen molar-refractivity contribution in [3.63, 3.8) is 0 Å². The predicted octanol–water partition coefficient (Wildman–Crippen LogP) is 2.55. The molecule has 0 saturated heterocycles. The minimum atomic E-state index is -0.416. The van der Waals surface area contributed by atoms with Crippen LogP contribution in [0.15, 0.2) is 36.4 Å². The van der Waals surface area contributed by atoms with Crippen LogP contribution in [0.4, 0.5) is 0 Å². The highest BCUT2D eigenvalue weighted by atomic mass is 16.5. The van der Waals surface area contributed by atoms with Crippen LogP contribution in [0.5, 0.6) is 5.75 Å². The molecule has 0 amide bonds. The van der Waals surface area contributed by atoms with Gasteiger partial charge in [-0.15, -0.1) is 0 Å². The van der Waals surface area contributed by atoms with Crippen molar-refractivity contribution >= 4 is 22.7 Å². The molecule has 0 aliphatic carbocycles. The lowest BCUT2D eigenvalue weighted by molar-refractivity contribution is -0.131. The maximum Gasteiger partial charge on any atom is 0.338 e. The molecule has 0 saturated carbocycles. The molecule has 92 valence electrons. The minimum Gasteiger partial charge on any atom is -0.465 e.